The Morgan fingerprint density at radius 2 is 2.00 bits per heavy atom. The summed E-state index contributed by atoms with van der Waals surface area (Å²) in [7, 11) is 0. The number of ether oxygens (including phenoxy) is 1. The molecule has 1 amide bonds. The van der Waals surface area contributed by atoms with Crippen LogP contribution in [0.1, 0.15) is 25.3 Å². The number of unbranched alkanes of at least 4 members (excludes halogenated alkanes) is 1. The van der Waals surface area contributed by atoms with Gasteiger partial charge in [0.1, 0.15) is 11.8 Å². The van der Waals surface area contributed by atoms with E-state index in [1.807, 2.05) is 30.3 Å². The average molecular weight is 319 g/mol. The lowest BCUT2D eigenvalue weighted by Gasteiger charge is -2.21. The molecular weight excluding hydrogens is 300 g/mol. The Hall–Kier alpha value is -2.07. The van der Waals surface area contributed by atoms with Crippen LogP contribution in [0.3, 0.4) is 0 Å². The van der Waals surface area contributed by atoms with Gasteiger partial charge in [-0.1, -0.05) is 55.3 Å². The van der Waals surface area contributed by atoms with Gasteiger partial charge < -0.3 is 4.74 Å². The average Bonchev–Trinajstić information content (AvgIpc) is 2.56. The van der Waals surface area contributed by atoms with Crippen molar-refractivity contribution in [2.24, 2.45) is 0 Å². The van der Waals surface area contributed by atoms with Crippen molar-refractivity contribution < 1.29 is 9.53 Å². The summed E-state index contributed by atoms with van der Waals surface area (Å²) in [5.41, 5.74) is 1.65. The highest BCUT2D eigenvalue weighted by Gasteiger charge is 2.17. The first-order valence-electron chi connectivity index (χ1n) is 7.30. The number of anilines is 1. The van der Waals surface area contributed by atoms with Gasteiger partial charge in [0, 0.05) is 6.54 Å². The van der Waals surface area contributed by atoms with Crippen LogP contribution in [-0.2, 0) is 11.3 Å². The lowest BCUT2D eigenvalue weighted by Crippen LogP contribution is -2.32. The van der Waals surface area contributed by atoms with E-state index in [-0.39, 0.29) is 12.7 Å². The molecule has 1 aromatic heterocycles. The van der Waals surface area contributed by atoms with Gasteiger partial charge in [-0.15, -0.1) is 0 Å². The molecule has 0 spiro atoms. The Balaban J connectivity index is 2.04. The van der Waals surface area contributed by atoms with Crippen LogP contribution in [0.5, 0.6) is 0 Å². The maximum atomic E-state index is 12.4. The summed E-state index contributed by atoms with van der Waals surface area (Å²) in [5, 5.41) is 0.400. The van der Waals surface area contributed by atoms with Crippen molar-refractivity contribution in [3.8, 4) is 0 Å². The van der Waals surface area contributed by atoms with Crippen molar-refractivity contribution in [3.63, 3.8) is 0 Å². The van der Waals surface area contributed by atoms with E-state index < -0.39 is 0 Å². The van der Waals surface area contributed by atoms with Crippen LogP contribution in [-0.4, -0.2) is 17.6 Å². The number of hydrogen-bond donors (Lipinski definition) is 0. The van der Waals surface area contributed by atoms with E-state index in [0.717, 1.165) is 18.4 Å². The highest BCUT2D eigenvalue weighted by molar-refractivity contribution is 6.29. The van der Waals surface area contributed by atoms with E-state index >= 15 is 0 Å². The lowest BCUT2D eigenvalue weighted by atomic mass is 10.2. The van der Waals surface area contributed by atoms with Crippen LogP contribution in [0.4, 0.5) is 10.5 Å². The van der Waals surface area contributed by atoms with E-state index in [2.05, 4.69) is 11.9 Å². The molecule has 1 aromatic carbocycles. The molecule has 0 aliphatic rings. The smallest absolute Gasteiger partial charge is 0.414 e. The number of pyridine rings is 1. The van der Waals surface area contributed by atoms with Crippen molar-refractivity contribution in [2.75, 3.05) is 11.4 Å². The molecule has 2 rings (SSSR count). The van der Waals surface area contributed by atoms with Gasteiger partial charge in [-0.2, -0.15) is 0 Å². The van der Waals surface area contributed by atoms with Crippen LogP contribution < -0.4 is 4.90 Å². The second-order valence-electron chi connectivity index (χ2n) is 4.88. The Morgan fingerprint density at radius 3 is 2.64 bits per heavy atom. The predicted molar refractivity (Wildman–Crippen MR) is 88.1 cm³/mol. The second kappa shape index (κ2) is 8.39. The molecule has 0 N–H and O–H groups in total. The predicted octanol–water partition coefficient (Wildman–Crippen LogP) is 4.68. The van der Waals surface area contributed by atoms with Crippen molar-refractivity contribution in [3.05, 3.63) is 59.4 Å². The van der Waals surface area contributed by atoms with Crippen LogP contribution in [0, 0.1) is 0 Å². The van der Waals surface area contributed by atoms with Gasteiger partial charge in [-0.25, -0.2) is 9.78 Å². The molecule has 0 radical (unpaired) electrons. The fourth-order valence-corrected chi connectivity index (χ4v) is 2.08. The number of aromatic nitrogens is 1. The molecular formula is C17H19ClN2O2. The van der Waals surface area contributed by atoms with Crippen molar-refractivity contribution in [1.82, 2.24) is 4.98 Å². The minimum absolute atomic E-state index is 0.253. The van der Waals surface area contributed by atoms with Gasteiger partial charge in [-0.05, 0) is 24.1 Å². The number of hydrogen-bond acceptors (Lipinski definition) is 3. The maximum Gasteiger partial charge on any atom is 0.414 e. The third-order valence-electron chi connectivity index (χ3n) is 3.18. The molecule has 0 unspecified atom stereocenters. The highest BCUT2D eigenvalue weighted by Crippen LogP contribution is 2.17. The van der Waals surface area contributed by atoms with E-state index in [9.17, 15) is 4.79 Å². The zero-order valence-electron chi connectivity index (χ0n) is 12.5. The van der Waals surface area contributed by atoms with Crippen molar-refractivity contribution in [2.45, 2.75) is 26.4 Å². The van der Waals surface area contributed by atoms with Crippen LogP contribution in [0.2, 0.25) is 5.15 Å². The highest BCUT2D eigenvalue weighted by atomic mass is 35.5. The van der Waals surface area contributed by atoms with Gasteiger partial charge in [-0.3, -0.25) is 4.90 Å². The number of benzene rings is 1. The molecule has 2 aromatic rings. The molecule has 0 saturated heterocycles. The van der Waals surface area contributed by atoms with Gasteiger partial charge in [0.05, 0.1) is 11.9 Å². The third-order valence-corrected chi connectivity index (χ3v) is 3.41. The summed E-state index contributed by atoms with van der Waals surface area (Å²) < 4.78 is 5.40. The fraction of sp³-hybridized carbons (Fsp3) is 0.294. The second-order valence-corrected chi connectivity index (χ2v) is 5.27. The Bertz CT molecular complexity index is 587. The standard InChI is InChI=1S/C17H19ClN2O2/c1-2-3-11-20(15-9-10-16(18)19-12-15)17(21)22-13-14-7-5-4-6-8-14/h4-10,12H,2-3,11,13H2,1H3. The molecule has 0 atom stereocenters. The topological polar surface area (TPSA) is 42.4 Å². The molecule has 4 nitrogen and oxygen atoms in total. The summed E-state index contributed by atoms with van der Waals surface area (Å²) >= 11 is 5.80. The van der Waals surface area contributed by atoms with Gasteiger partial charge in [0.2, 0.25) is 0 Å². The molecule has 0 fully saturated rings. The Morgan fingerprint density at radius 1 is 1.23 bits per heavy atom. The largest absolute Gasteiger partial charge is 0.444 e. The molecule has 116 valence electrons. The molecule has 5 heteroatoms. The number of amides is 1. The first kappa shape index (κ1) is 16.3. The third kappa shape index (κ3) is 4.74. The Kier molecular flexibility index (Phi) is 6.22. The summed E-state index contributed by atoms with van der Waals surface area (Å²) in [4.78, 5) is 18.0. The summed E-state index contributed by atoms with van der Waals surface area (Å²) in [5.74, 6) is 0. The van der Waals surface area contributed by atoms with E-state index in [1.54, 1.807) is 23.2 Å². The zero-order valence-corrected chi connectivity index (χ0v) is 13.3. The molecule has 0 saturated carbocycles. The number of rotatable bonds is 6. The van der Waals surface area contributed by atoms with E-state index in [4.69, 9.17) is 16.3 Å². The van der Waals surface area contributed by atoms with Crippen LogP contribution in [0.15, 0.2) is 48.7 Å². The molecule has 1 heterocycles. The number of carbonyl (C=O) groups is 1. The maximum absolute atomic E-state index is 12.4. The fourth-order valence-electron chi connectivity index (χ4n) is 1.97. The monoisotopic (exact) mass is 318 g/mol. The molecule has 22 heavy (non-hydrogen) atoms. The number of carbonyl (C=O) groups excluding carboxylic acids is 1. The van der Waals surface area contributed by atoms with Gasteiger partial charge in [0.15, 0.2) is 0 Å². The van der Waals surface area contributed by atoms with Crippen LogP contribution >= 0.6 is 11.6 Å². The molecule has 0 aliphatic heterocycles. The lowest BCUT2D eigenvalue weighted by molar-refractivity contribution is 0.147. The normalized spacial score (nSPS) is 10.3. The minimum atomic E-state index is -0.374. The summed E-state index contributed by atoms with van der Waals surface area (Å²) in [6.07, 6.45) is 3.09. The molecule has 0 bridgehead atoms. The summed E-state index contributed by atoms with van der Waals surface area (Å²) in [6.45, 7) is 2.92. The Labute approximate surface area is 135 Å². The van der Waals surface area contributed by atoms with Crippen LogP contribution in [0.25, 0.3) is 0 Å². The van der Waals surface area contributed by atoms with E-state index in [1.165, 1.54) is 0 Å². The van der Waals surface area contributed by atoms with Crippen molar-refractivity contribution in [1.29, 1.82) is 0 Å². The first-order chi connectivity index (χ1) is 10.7. The quantitative estimate of drug-likeness (QED) is 0.726. The number of nitrogens with zero attached hydrogens (tertiary/aromatic N) is 2. The van der Waals surface area contributed by atoms with Gasteiger partial charge >= 0.3 is 6.09 Å². The first-order valence-corrected chi connectivity index (χ1v) is 7.68. The summed E-state index contributed by atoms with van der Waals surface area (Å²) in [6, 6.07) is 13.1. The zero-order chi connectivity index (χ0) is 15.8. The number of halogens is 1. The molecule has 0 aliphatic carbocycles. The SMILES string of the molecule is CCCCN(C(=O)OCc1ccccc1)c1ccc(Cl)nc1. The van der Waals surface area contributed by atoms with E-state index in [0.29, 0.717) is 17.4 Å². The minimum Gasteiger partial charge on any atom is -0.444 e. The van der Waals surface area contributed by atoms with Gasteiger partial charge in [0.25, 0.3) is 0 Å². The van der Waals surface area contributed by atoms with Crippen molar-refractivity contribution >= 4 is 23.4 Å².